The largest absolute Gasteiger partial charge is 0.0689 e. The summed E-state index contributed by atoms with van der Waals surface area (Å²) in [5.41, 5.74) is 5.45. The Balaban J connectivity index is 0.715. The minimum Gasteiger partial charge on any atom is -0.0689 e. The summed E-state index contributed by atoms with van der Waals surface area (Å²) in [6.45, 7) is 38.6. The molecule has 11 aliphatic rings. The summed E-state index contributed by atoms with van der Waals surface area (Å²) < 4.78 is 0. The van der Waals surface area contributed by atoms with Crippen molar-refractivity contribution in [3.8, 4) is 0 Å². The Hall–Kier alpha value is 0.434. The zero-order valence-corrected chi connectivity index (χ0v) is 52.8. The van der Waals surface area contributed by atoms with E-state index in [9.17, 15) is 0 Å². The Morgan fingerprint density at radius 3 is 0.653 bits per heavy atom. The fraction of sp³-hybridized carbons (Fsp3) is 1.00. The van der Waals surface area contributed by atoms with Gasteiger partial charge in [0, 0.05) is 0 Å². The second-order valence-corrected chi connectivity index (χ2v) is 44.9. The zero-order valence-electron chi connectivity index (χ0n) is 50.8. The molecule has 72 heavy (non-hydrogen) atoms. The second kappa shape index (κ2) is 20.8. The van der Waals surface area contributed by atoms with Crippen LogP contribution in [0.5, 0.6) is 0 Å². The molecule has 412 valence electrons. The summed E-state index contributed by atoms with van der Waals surface area (Å²) in [7, 11) is -2.96. The van der Waals surface area contributed by atoms with Gasteiger partial charge in [-0.15, -0.1) is 0 Å². The van der Waals surface area contributed by atoms with Crippen LogP contribution in [0.4, 0.5) is 0 Å². The van der Waals surface area contributed by atoms with E-state index in [4.69, 9.17) is 0 Å². The summed E-state index contributed by atoms with van der Waals surface area (Å²) >= 11 is 0. The van der Waals surface area contributed by atoms with Crippen molar-refractivity contribution in [2.24, 2.45) is 141 Å². The van der Waals surface area contributed by atoms with Crippen LogP contribution in [0, 0.1) is 141 Å². The lowest BCUT2D eigenvalue weighted by molar-refractivity contribution is 0.0473. The summed E-state index contributed by atoms with van der Waals surface area (Å²) in [5, 5.41) is 0. The fourth-order valence-electron chi connectivity index (χ4n) is 27.3. The molecule has 0 bridgehead atoms. The Kier molecular flexibility index (Phi) is 15.7. The molecular formula is C70H124Si2. The zero-order chi connectivity index (χ0) is 50.8. The third-order valence-electron chi connectivity index (χ3n) is 29.2. The predicted molar refractivity (Wildman–Crippen MR) is 318 cm³/mol. The van der Waals surface area contributed by atoms with Gasteiger partial charge in [-0.1, -0.05) is 147 Å². The van der Waals surface area contributed by atoms with Crippen molar-refractivity contribution in [1.82, 2.24) is 0 Å². The highest BCUT2D eigenvalue weighted by Crippen LogP contribution is 2.70. The van der Waals surface area contributed by atoms with Crippen molar-refractivity contribution in [2.45, 2.75) is 297 Å². The monoisotopic (exact) mass is 1020 g/mol. The number of fused-ring (bicyclic) bond motifs is 4. The van der Waals surface area contributed by atoms with Gasteiger partial charge in [0.05, 0.1) is 16.1 Å². The van der Waals surface area contributed by atoms with Crippen LogP contribution in [0.1, 0.15) is 249 Å². The SMILES string of the molecule is CC1CC2C(C3CCC(C4CCCC5C4CC(C)C5[Si](C)(C)C4C(C)CC5C(C6CCC(C(C)(C)C)CC6)CCCC54)CC3)CCCC2C1[Si](C)(C)C1C(C)CC2C(C3CCC(C(C)(C)C)CC3)CCCC21. The van der Waals surface area contributed by atoms with E-state index in [0.29, 0.717) is 10.8 Å². The Bertz CT molecular complexity index is 1660. The van der Waals surface area contributed by atoms with Gasteiger partial charge < -0.3 is 0 Å². The Morgan fingerprint density at radius 2 is 0.444 bits per heavy atom. The molecule has 11 rings (SSSR count). The van der Waals surface area contributed by atoms with Crippen LogP contribution in [0.15, 0.2) is 0 Å². The third-order valence-corrected chi connectivity index (χ3v) is 40.1. The van der Waals surface area contributed by atoms with E-state index < -0.39 is 16.1 Å². The van der Waals surface area contributed by atoms with Crippen LogP contribution < -0.4 is 0 Å². The van der Waals surface area contributed by atoms with Crippen LogP contribution in [0.3, 0.4) is 0 Å². The highest BCUT2D eigenvalue weighted by atomic mass is 28.3. The molecule has 0 nitrogen and oxygen atoms in total. The number of hydrogen-bond acceptors (Lipinski definition) is 0. The van der Waals surface area contributed by atoms with Crippen LogP contribution >= 0.6 is 0 Å². The molecule has 0 aromatic carbocycles. The lowest BCUT2D eigenvalue weighted by Crippen LogP contribution is -2.48. The number of hydrogen-bond donors (Lipinski definition) is 0. The van der Waals surface area contributed by atoms with Gasteiger partial charge in [0.25, 0.3) is 0 Å². The maximum absolute atomic E-state index is 3.03. The van der Waals surface area contributed by atoms with E-state index in [1.165, 1.54) is 25.7 Å². The maximum atomic E-state index is 3.03. The normalized spacial score (nSPS) is 51.6. The fourth-order valence-corrected chi connectivity index (χ4v) is 40.6. The first-order valence-electron chi connectivity index (χ1n) is 34.1. The standard InChI is InChI=1S/C70H124Si2/c1-43-39-61-53(19-15-23-57(61)65(43)71(11,12)67-45(3)41-63-55(21-17-25-59(63)67)49-31-35-51(36-32-49)69(5,6)7)47-27-29-48(30-28-47)54-20-16-24-58-62(54)40-44(2)66(58)72(13,14)68-46(4)42-64-56(22-18-26-60(64)68)50-33-37-52(38-34-50)70(8,9)10/h43-68H,15-42H2,1-14H3. The maximum Gasteiger partial charge on any atom is 0.0546 e. The molecule has 0 heterocycles. The van der Waals surface area contributed by atoms with Crippen molar-refractivity contribution in [3.05, 3.63) is 0 Å². The highest BCUT2D eigenvalue weighted by molar-refractivity contribution is 6.81. The van der Waals surface area contributed by atoms with Crippen molar-refractivity contribution in [2.75, 3.05) is 0 Å². The van der Waals surface area contributed by atoms with Crippen LogP contribution in [0.2, 0.25) is 48.4 Å². The summed E-state index contributed by atoms with van der Waals surface area (Å²) in [6, 6.07) is 0. The van der Waals surface area contributed by atoms with Crippen molar-refractivity contribution < 1.29 is 0 Å². The topological polar surface area (TPSA) is 0 Å². The molecule has 11 fully saturated rings. The quantitative estimate of drug-likeness (QED) is 0.213. The highest BCUT2D eigenvalue weighted by Gasteiger charge is 2.63. The number of rotatable bonds is 8. The molecule has 20 unspecified atom stereocenters. The van der Waals surface area contributed by atoms with Gasteiger partial charge in [0.1, 0.15) is 0 Å². The van der Waals surface area contributed by atoms with Crippen molar-refractivity contribution in [3.63, 3.8) is 0 Å². The van der Waals surface area contributed by atoms with Crippen LogP contribution in [-0.4, -0.2) is 16.1 Å². The second-order valence-electron chi connectivity index (χ2n) is 34.9. The molecular weight excluding hydrogens is 897 g/mol. The average molecular weight is 1020 g/mol. The summed E-state index contributed by atoms with van der Waals surface area (Å²) in [4.78, 5) is 0. The molecule has 11 aliphatic carbocycles. The van der Waals surface area contributed by atoms with Gasteiger partial charge in [0.15, 0.2) is 0 Å². The average Bonchev–Trinajstić information content (AvgIpc) is 4.09. The smallest absolute Gasteiger partial charge is 0.0546 e. The molecule has 0 aliphatic heterocycles. The van der Waals surface area contributed by atoms with Gasteiger partial charge in [-0.25, -0.2) is 0 Å². The molecule has 0 aromatic heterocycles. The molecule has 0 amide bonds. The molecule has 0 N–H and O–H groups in total. The van der Waals surface area contributed by atoms with Crippen molar-refractivity contribution in [1.29, 1.82) is 0 Å². The van der Waals surface area contributed by atoms with Gasteiger partial charge >= 0.3 is 0 Å². The molecule has 11 saturated carbocycles. The van der Waals surface area contributed by atoms with E-state index in [2.05, 4.69) is 95.4 Å². The van der Waals surface area contributed by atoms with E-state index >= 15 is 0 Å². The molecule has 0 saturated heterocycles. The lowest BCUT2D eigenvalue weighted by Gasteiger charge is -2.51. The van der Waals surface area contributed by atoms with Crippen LogP contribution in [0.25, 0.3) is 0 Å². The summed E-state index contributed by atoms with van der Waals surface area (Å²) in [6.07, 6.45) is 44.4. The van der Waals surface area contributed by atoms with Gasteiger partial charge in [-0.05, 0) is 292 Å². The van der Waals surface area contributed by atoms with Gasteiger partial charge in [-0.2, -0.15) is 0 Å². The molecule has 0 radical (unpaired) electrons. The Labute approximate surface area is 452 Å². The van der Waals surface area contributed by atoms with Crippen LogP contribution in [-0.2, 0) is 0 Å². The van der Waals surface area contributed by atoms with E-state index in [-0.39, 0.29) is 0 Å². The minimum absolute atomic E-state index is 0.509. The summed E-state index contributed by atoms with van der Waals surface area (Å²) in [5.74, 6) is 23.1. The lowest BCUT2D eigenvalue weighted by atomic mass is 9.60. The molecule has 0 aromatic rings. The van der Waals surface area contributed by atoms with Crippen molar-refractivity contribution >= 4 is 16.1 Å². The third kappa shape index (κ3) is 9.77. The van der Waals surface area contributed by atoms with Gasteiger partial charge in [-0.3, -0.25) is 0 Å². The molecule has 20 atom stereocenters. The first-order valence-corrected chi connectivity index (χ1v) is 40.4. The molecule has 2 heteroatoms. The van der Waals surface area contributed by atoms with E-state index in [1.54, 1.807) is 154 Å². The van der Waals surface area contributed by atoms with E-state index in [0.717, 1.165) is 152 Å². The predicted octanol–water partition coefficient (Wildman–Crippen LogP) is 21.7. The Morgan fingerprint density at radius 1 is 0.250 bits per heavy atom. The van der Waals surface area contributed by atoms with Gasteiger partial charge in [0.2, 0.25) is 0 Å². The minimum atomic E-state index is -1.48. The molecule has 0 spiro atoms. The van der Waals surface area contributed by atoms with E-state index in [1.807, 2.05) is 0 Å². The first-order chi connectivity index (χ1) is 34.1. The first kappa shape index (κ1) is 54.4.